The molecule has 6 heteroatoms. The van der Waals surface area contributed by atoms with Crippen LogP contribution in [-0.2, 0) is 0 Å². The van der Waals surface area contributed by atoms with Crippen molar-refractivity contribution in [2.75, 3.05) is 11.9 Å². The van der Waals surface area contributed by atoms with Gasteiger partial charge in [-0.1, -0.05) is 35.3 Å². The van der Waals surface area contributed by atoms with Gasteiger partial charge in [-0.05, 0) is 36.4 Å². The van der Waals surface area contributed by atoms with Gasteiger partial charge in [0.2, 0.25) is 0 Å². The Kier molecular flexibility index (Phi) is 5.79. The molecule has 0 bridgehead atoms. The fourth-order valence-electron chi connectivity index (χ4n) is 1.86. The van der Waals surface area contributed by atoms with Crippen molar-refractivity contribution < 1.29 is 9.59 Å². The van der Waals surface area contributed by atoms with E-state index >= 15 is 0 Å². The van der Waals surface area contributed by atoms with Crippen molar-refractivity contribution >= 4 is 40.7 Å². The molecule has 23 heavy (non-hydrogen) atoms. The maximum absolute atomic E-state index is 12.3. The van der Waals surface area contributed by atoms with E-state index in [0.717, 1.165) is 0 Å². The highest BCUT2D eigenvalue weighted by Crippen LogP contribution is 2.25. The smallest absolute Gasteiger partial charge is 0.255 e. The highest BCUT2D eigenvalue weighted by Gasteiger charge is 2.12. The molecule has 0 aliphatic carbocycles. The van der Waals surface area contributed by atoms with Crippen LogP contribution in [0.3, 0.4) is 0 Å². The zero-order valence-corrected chi connectivity index (χ0v) is 13.6. The Morgan fingerprint density at radius 1 is 1.04 bits per heavy atom. The summed E-state index contributed by atoms with van der Waals surface area (Å²) in [5.41, 5.74) is 1.13. The predicted octanol–water partition coefficient (Wildman–Crippen LogP) is 4.16. The molecular weight excluding hydrogens is 335 g/mol. The molecular formula is C17H14Cl2N2O2. The van der Waals surface area contributed by atoms with E-state index in [4.69, 9.17) is 23.2 Å². The van der Waals surface area contributed by atoms with Crippen LogP contribution < -0.4 is 10.6 Å². The molecule has 2 rings (SSSR count). The lowest BCUT2D eigenvalue weighted by atomic mass is 10.1. The minimum absolute atomic E-state index is 0.277. The summed E-state index contributed by atoms with van der Waals surface area (Å²) in [4.78, 5) is 24.2. The van der Waals surface area contributed by atoms with Crippen molar-refractivity contribution in [2.45, 2.75) is 0 Å². The van der Waals surface area contributed by atoms with Crippen molar-refractivity contribution in [1.29, 1.82) is 0 Å². The van der Waals surface area contributed by atoms with Crippen LogP contribution in [0, 0.1) is 0 Å². The molecule has 0 heterocycles. The zero-order valence-electron chi connectivity index (χ0n) is 12.1. The van der Waals surface area contributed by atoms with E-state index in [0.29, 0.717) is 33.4 Å². The second-order valence-electron chi connectivity index (χ2n) is 4.66. The highest BCUT2D eigenvalue weighted by atomic mass is 35.5. The quantitative estimate of drug-likeness (QED) is 0.797. The van der Waals surface area contributed by atoms with Gasteiger partial charge in [-0.15, -0.1) is 6.58 Å². The number of halogens is 2. The SMILES string of the molecule is C=CCNC(=O)c1cccc(C(=O)Nc2cc(Cl)ccc2Cl)c1. The second-order valence-corrected chi connectivity index (χ2v) is 5.50. The summed E-state index contributed by atoms with van der Waals surface area (Å²) < 4.78 is 0. The third kappa shape index (κ3) is 4.58. The summed E-state index contributed by atoms with van der Waals surface area (Å²) in [7, 11) is 0. The Morgan fingerprint density at radius 3 is 2.43 bits per heavy atom. The maximum Gasteiger partial charge on any atom is 0.255 e. The lowest BCUT2D eigenvalue weighted by Crippen LogP contribution is -2.23. The van der Waals surface area contributed by atoms with Crippen molar-refractivity contribution in [3.8, 4) is 0 Å². The molecule has 118 valence electrons. The number of anilines is 1. The molecule has 2 aromatic carbocycles. The standard InChI is InChI=1S/C17H14Cl2N2O2/c1-2-8-20-16(22)11-4-3-5-12(9-11)17(23)21-15-10-13(18)6-7-14(15)19/h2-7,9-10H,1,8H2,(H,20,22)(H,21,23). The lowest BCUT2D eigenvalue weighted by Gasteiger charge is -2.09. The third-order valence-corrected chi connectivity index (χ3v) is 3.54. The Hall–Kier alpha value is -2.30. The first-order valence-corrected chi connectivity index (χ1v) is 7.52. The van der Waals surface area contributed by atoms with E-state index in [1.165, 1.54) is 6.07 Å². The maximum atomic E-state index is 12.3. The fourth-order valence-corrected chi connectivity index (χ4v) is 2.19. The van der Waals surface area contributed by atoms with E-state index in [1.54, 1.807) is 42.5 Å². The Bertz CT molecular complexity index is 760. The summed E-state index contributed by atoms with van der Waals surface area (Å²) in [6.07, 6.45) is 1.58. The van der Waals surface area contributed by atoms with Gasteiger partial charge in [-0.2, -0.15) is 0 Å². The summed E-state index contributed by atoms with van der Waals surface area (Å²) in [5, 5.41) is 6.17. The number of hydrogen-bond donors (Lipinski definition) is 2. The van der Waals surface area contributed by atoms with Crippen molar-refractivity contribution in [1.82, 2.24) is 5.32 Å². The van der Waals surface area contributed by atoms with Crippen LogP contribution in [-0.4, -0.2) is 18.4 Å². The number of hydrogen-bond acceptors (Lipinski definition) is 2. The Morgan fingerprint density at radius 2 is 1.74 bits per heavy atom. The van der Waals surface area contributed by atoms with Gasteiger partial charge in [-0.25, -0.2) is 0 Å². The third-order valence-electron chi connectivity index (χ3n) is 2.97. The van der Waals surface area contributed by atoms with Gasteiger partial charge in [0.25, 0.3) is 11.8 Å². The second kappa shape index (κ2) is 7.81. The summed E-state index contributed by atoms with van der Waals surface area (Å²) in [5.74, 6) is -0.659. The first-order valence-electron chi connectivity index (χ1n) is 6.77. The van der Waals surface area contributed by atoms with Crippen molar-refractivity contribution in [2.24, 2.45) is 0 Å². The Balaban J connectivity index is 2.18. The van der Waals surface area contributed by atoms with E-state index < -0.39 is 0 Å². The van der Waals surface area contributed by atoms with Gasteiger partial charge in [-0.3, -0.25) is 9.59 Å². The number of benzene rings is 2. The molecule has 0 unspecified atom stereocenters. The Labute approximate surface area is 144 Å². The van der Waals surface area contributed by atoms with Gasteiger partial charge in [0, 0.05) is 22.7 Å². The van der Waals surface area contributed by atoms with E-state index in [1.807, 2.05) is 0 Å². The van der Waals surface area contributed by atoms with Gasteiger partial charge in [0.1, 0.15) is 0 Å². The van der Waals surface area contributed by atoms with Crippen LogP contribution in [0.4, 0.5) is 5.69 Å². The molecule has 2 amide bonds. The van der Waals surface area contributed by atoms with Gasteiger partial charge in [0.15, 0.2) is 0 Å². The zero-order chi connectivity index (χ0) is 16.8. The number of rotatable bonds is 5. The van der Waals surface area contributed by atoms with Gasteiger partial charge < -0.3 is 10.6 Å². The first kappa shape index (κ1) is 17.1. The van der Waals surface area contributed by atoms with Crippen molar-refractivity contribution in [3.63, 3.8) is 0 Å². The molecule has 0 spiro atoms. The summed E-state index contributed by atoms with van der Waals surface area (Å²) >= 11 is 11.9. The number of carbonyl (C=O) groups is 2. The minimum atomic E-state index is -0.382. The van der Waals surface area contributed by atoms with Crippen LogP contribution in [0.1, 0.15) is 20.7 Å². The molecule has 0 saturated heterocycles. The van der Waals surface area contributed by atoms with Crippen LogP contribution >= 0.6 is 23.2 Å². The van der Waals surface area contributed by atoms with E-state index in [-0.39, 0.29) is 11.8 Å². The molecule has 0 atom stereocenters. The molecule has 0 aliphatic heterocycles. The van der Waals surface area contributed by atoms with Gasteiger partial charge >= 0.3 is 0 Å². The van der Waals surface area contributed by atoms with Crippen LogP contribution in [0.5, 0.6) is 0 Å². The molecule has 0 aliphatic rings. The van der Waals surface area contributed by atoms with Crippen LogP contribution in [0.25, 0.3) is 0 Å². The molecule has 4 nitrogen and oxygen atoms in total. The van der Waals surface area contributed by atoms with Crippen LogP contribution in [0.2, 0.25) is 10.0 Å². The largest absolute Gasteiger partial charge is 0.349 e. The molecule has 2 N–H and O–H groups in total. The average molecular weight is 349 g/mol. The molecule has 0 saturated carbocycles. The van der Waals surface area contributed by atoms with E-state index in [2.05, 4.69) is 17.2 Å². The van der Waals surface area contributed by atoms with Crippen LogP contribution in [0.15, 0.2) is 55.1 Å². The number of amides is 2. The average Bonchev–Trinajstić information content (AvgIpc) is 2.56. The highest BCUT2D eigenvalue weighted by molar-refractivity contribution is 6.35. The van der Waals surface area contributed by atoms with Gasteiger partial charge in [0.05, 0.1) is 10.7 Å². The lowest BCUT2D eigenvalue weighted by molar-refractivity contribution is 0.0958. The first-order chi connectivity index (χ1) is 11.0. The number of nitrogens with one attached hydrogen (secondary N) is 2. The number of carbonyl (C=O) groups excluding carboxylic acids is 2. The minimum Gasteiger partial charge on any atom is -0.349 e. The summed E-state index contributed by atoms with van der Waals surface area (Å²) in [6.45, 7) is 3.89. The molecule has 0 aromatic heterocycles. The molecule has 0 radical (unpaired) electrons. The molecule has 0 fully saturated rings. The van der Waals surface area contributed by atoms with E-state index in [9.17, 15) is 9.59 Å². The fraction of sp³-hybridized carbons (Fsp3) is 0.0588. The summed E-state index contributed by atoms with van der Waals surface area (Å²) in [6, 6.07) is 11.2. The monoisotopic (exact) mass is 348 g/mol. The predicted molar refractivity (Wildman–Crippen MR) is 93.4 cm³/mol. The molecule has 2 aromatic rings. The topological polar surface area (TPSA) is 58.2 Å². The van der Waals surface area contributed by atoms with Crippen molar-refractivity contribution in [3.05, 3.63) is 76.3 Å². The normalized spacial score (nSPS) is 10.0.